The first-order chi connectivity index (χ1) is 10.2. The molecule has 0 aliphatic rings. The van der Waals surface area contributed by atoms with Gasteiger partial charge in [-0.05, 0) is 36.2 Å². The molecule has 3 rings (SSSR count). The summed E-state index contributed by atoms with van der Waals surface area (Å²) in [6, 6.07) is 12.3. The minimum absolute atomic E-state index is 0.188. The molecule has 0 saturated carbocycles. The molecule has 0 bridgehead atoms. The zero-order valence-corrected chi connectivity index (χ0v) is 12.7. The van der Waals surface area contributed by atoms with Gasteiger partial charge in [-0.1, -0.05) is 29.8 Å². The summed E-state index contributed by atoms with van der Waals surface area (Å²) < 4.78 is 15.7. The van der Waals surface area contributed by atoms with E-state index in [4.69, 9.17) is 23.2 Å². The Morgan fingerprint density at radius 3 is 2.71 bits per heavy atom. The number of nitrogens with zero attached hydrogens (tertiary/aromatic N) is 2. The number of benzene rings is 2. The summed E-state index contributed by atoms with van der Waals surface area (Å²) >= 11 is 12.0. The van der Waals surface area contributed by atoms with Crippen LogP contribution in [0.3, 0.4) is 0 Å². The van der Waals surface area contributed by atoms with Crippen molar-refractivity contribution in [3.63, 3.8) is 0 Å². The second-order valence-corrected chi connectivity index (χ2v) is 5.49. The van der Waals surface area contributed by atoms with Crippen LogP contribution in [0.1, 0.15) is 11.4 Å². The summed E-state index contributed by atoms with van der Waals surface area (Å²) in [4.78, 5) is 4.49. The fraction of sp³-hybridized carbons (Fsp3) is 0.188. The van der Waals surface area contributed by atoms with E-state index in [0.717, 1.165) is 16.9 Å². The van der Waals surface area contributed by atoms with E-state index >= 15 is 0 Å². The predicted molar refractivity (Wildman–Crippen MR) is 84.4 cm³/mol. The lowest BCUT2D eigenvalue weighted by molar-refractivity contribution is 0.593. The lowest BCUT2D eigenvalue weighted by Gasteiger charge is -2.08. The second kappa shape index (κ2) is 6.04. The van der Waals surface area contributed by atoms with Crippen molar-refractivity contribution in [1.82, 2.24) is 9.55 Å². The highest BCUT2D eigenvalue weighted by Crippen LogP contribution is 2.22. The Labute approximate surface area is 132 Å². The standard InChI is InChI=1S/C16H13Cl2FN2/c17-10-16-20-14-6-5-12(18)9-15(14)21(16)8-7-11-3-1-2-4-13(11)19/h1-6,9H,7-8,10H2. The van der Waals surface area contributed by atoms with E-state index in [9.17, 15) is 4.39 Å². The van der Waals surface area contributed by atoms with Gasteiger partial charge in [-0.25, -0.2) is 9.37 Å². The summed E-state index contributed by atoms with van der Waals surface area (Å²) in [6.45, 7) is 0.611. The molecule has 0 amide bonds. The van der Waals surface area contributed by atoms with E-state index in [0.29, 0.717) is 29.4 Å². The van der Waals surface area contributed by atoms with Crippen molar-refractivity contribution in [2.45, 2.75) is 18.8 Å². The number of aryl methyl sites for hydroxylation is 2. The van der Waals surface area contributed by atoms with Gasteiger partial charge in [-0.15, -0.1) is 11.6 Å². The fourth-order valence-corrected chi connectivity index (χ4v) is 2.80. The number of halogens is 3. The van der Waals surface area contributed by atoms with Gasteiger partial charge in [-0.3, -0.25) is 0 Å². The summed E-state index contributed by atoms with van der Waals surface area (Å²) in [6.07, 6.45) is 0.578. The second-order valence-electron chi connectivity index (χ2n) is 4.79. The Morgan fingerprint density at radius 2 is 1.95 bits per heavy atom. The lowest BCUT2D eigenvalue weighted by atomic mass is 10.1. The van der Waals surface area contributed by atoms with E-state index in [2.05, 4.69) is 4.98 Å². The SMILES string of the molecule is Fc1ccccc1CCn1c(CCl)nc2ccc(Cl)cc21. The first-order valence-electron chi connectivity index (χ1n) is 6.63. The third-order valence-electron chi connectivity index (χ3n) is 3.47. The van der Waals surface area contributed by atoms with Gasteiger partial charge in [0.05, 0.1) is 16.9 Å². The molecule has 0 spiro atoms. The maximum atomic E-state index is 13.7. The normalized spacial score (nSPS) is 11.2. The predicted octanol–water partition coefficient (Wildman–Crippen LogP) is 4.81. The summed E-state index contributed by atoms with van der Waals surface area (Å²) in [5.41, 5.74) is 2.46. The molecule has 5 heteroatoms. The van der Waals surface area contributed by atoms with Crippen LogP contribution in [0.25, 0.3) is 11.0 Å². The van der Waals surface area contributed by atoms with Crippen LogP contribution in [0.15, 0.2) is 42.5 Å². The molecule has 21 heavy (non-hydrogen) atoms. The maximum Gasteiger partial charge on any atom is 0.126 e. The molecule has 0 unspecified atom stereocenters. The van der Waals surface area contributed by atoms with Gasteiger partial charge in [0.25, 0.3) is 0 Å². The number of hydrogen-bond donors (Lipinski definition) is 0. The van der Waals surface area contributed by atoms with Crippen LogP contribution < -0.4 is 0 Å². The van der Waals surface area contributed by atoms with Crippen molar-refractivity contribution >= 4 is 34.2 Å². The van der Waals surface area contributed by atoms with Crippen LogP contribution in [-0.2, 0) is 18.8 Å². The molecule has 0 aliphatic heterocycles. The smallest absolute Gasteiger partial charge is 0.126 e. The quantitative estimate of drug-likeness (QED) is 0.630. The zero-order chi connectivity index (χ0) is 14.8. The summed E-state index contributed by atoms with van der Waals surface area (Å²) in [5.74, 6) is 0.890. The molecule has 108 valence electrons. The first kappa shape index (κ1) is 14.4. The molecule has 1 aromatic heterocycles. The van der Waals surface area contributed by atoms with Crippen molar-refractivity contribution in [3.8, 4) is 0 Å². The van der Waals surface area contributed by atoms with Crippen molar-refractivity contribution in [2.75, 3.05) is 0 Å². The number of rotatable bonds is 4. The number of hydrogen-bond acceptors (Lipinski definition) is 1. The average molecular weight is 323 g/mol. The topological polar surface area (TPSA) is 17.8 Å². The average Bonchev–Trinajstić information content (AvgIpc) is 2.83. The highest BCUT2D eigenvalue weighted by atomic mass is 35.5. The Balaban J connectivity index is 1.96. The summed E-state index contributed by atoms with van der Waals surface area (Å²) in [5, 5.41) is 0.649. The largest absolute Gasteiger partial charge is 0.327 e. The van der Waals surface area contributed by atoms with Crippen LogP contribution in [0, 0.1) is 5.82 Å². The minimum Gasteiger partial charge on any atom is -0.327 e. The van der Waals surface area contributed by atoms with E-state index in [1.54, 1.807) is 18.2 Å². The van der Waals surface area contributed by atoms with Crippen molar-refractivity contribution in [1.29, 1.82) is 0 Å². The molecule has 2 aromatic carbocycles. The molecule has 0 atom stereocenters. The molecule has 3 aromatic rings. The van der Waals surface area contributed by atoms with Gasteiger partial charge < -0.3 is 4.57 Å². The molecular weight excluding hydrogens is 310 g/mol. The molecule has 0 radical (unpaired) electrons. The summed E-state index contributed by atoms with van der Waals surface area (Å²) in [7, 11) is 0. The Bertz CT molecular complexity index is 783. The van der Waals surface area contributed by atoms with Crippen molar-refractivity contribution in [2.24, 2.45) is 0 Å². The van der Waals surface area contributed by atoms with Gasteiger partial charge in [0.2, 0.25) is 0 Å². The number of fused-ring (bicyclic) bond motifs is 1. The third kappa shape index (κ3) is 2.89. The highest BCUT2D eigenvalue weighted by molar-refractivity contribution is 6.31. The molecule has 2 nitrogen and oxygen atoms in total. The van der Waals surface area contributed by atoms with Gasteiger partial charge in [0, 0.05) is 11.6 Å². The van der Waals surface area contributed by atoms with Crippen LogP contribution in [0.2, 0.25) is 5.02 Å². The molecule has 0 saturated heterocycles. The van der Waals surface area contributed by atoms with Gasteiger partial charge in [0.1, 0.15) is 11.6 Å². The Morgan fingerprint density at radius 1 is 1.14 bits per heavy atom. The zero-order valence-electron chi connectivity index (χ0n) is 11.2. The van der Waals surface area contributed by atoms with Crippen LogP contribution in [0.5, 0.6) is 0 Å². The first-order valence-corrected chi connectivity index (χ1v) is 7.54. The third-order valence-corrected chi connectivity index (χ3v) is 3.95. The van der Waals surface area contributed by atoms with E-state index < -0.39 is 0 Å². The van der Waals surface area contributed by atoms with Crippen molar-refractivity contribution < 1.29 is 4.39 Å². The molecule has 1 heterocycles. The van der Waals surface area contributed by atoms with Crippen LogP contribution in [0.4, 0.5) is 4.39 Å². The monoisotopic (exact) mass is 322 g/mol. The van der Waals surface area contributed by atoms with Crippen molar-refractivity contribution in [3.05, 3.63) is 64.7 Å². The molecular formula is C16H13Cl2FN2. The maximum absolute atomic E-state index is 13.7. The van der Waals surface area contributed by atoms with Crippen LogP contribution in [-0.4, -0.2) is 9.55 Å². The van der Waals surface area contributed by atoms with Gasteiger partial charge in [0.15, 0.2) is 0 Å². The number of alkyl halides is 1. The molecule has 0 aliphatic carbocycles. The fourth-order valence-electron chi connectivity index (χ4n) is 2.43. The highest BCUT2D eigenvalue weighted by Gasteiger charge is 2.11. The van der Waals surface area contributed by atoms with Gasteiger partial charge in [-0.2, -0.15) is 0 Å². The Hall–Kier alpha value is -1.58. The van der Waals surface area contributed by atoms with Crippen LogP contribution >= 0.6 is 23.2 Å². The van der Waals surface area contributed by atoms with E-state index in [1.807, 2.05) is 22.8 Å². The lowest BCUT2D eigenvalue weighted by Crippen LogP contribution is -2.06. The Kier molecular flexibility index (Phi) is 4.13. The van der Waals surface area contributed by atoms with E-state index in [1.165, 1.54) is 6.07 Å². The molecule has 0 fully saturated rings. The molecule has 0 N–H and O–H groups in total. The minimum atomic E-state index is -0.188. The van der Waals surface area contributed by atoms with E-state index in [-0.39, 0.29) is 5.82 Å². The number of aromatic nitrogens is 2. The van der Waals surface area contributed by atoms with Gasteiger partial charge >= 0.3 is 0 Å². The number of imidazole rings is 1.